The van der Waals surface area contributed by atoms with Gasteiger partial charge < -0.3 is 21.1 Å². The van der Waals surface area contributed by atoms with Crippen molar-refractivity contribution in [3.8, 4) is 0 Å². The van der Waals surface area contributed by atoms with E-state index in [1.807, 2.05) is 19.0 Å². The van der Waals surface area contributed by atoms with Crippen molar-refractivity contribution >= 4 is 17.3 Å². The number of carboxylic acid groups (broad SMARTS) is 1. The highest BCUT2D eigenvalue weighted by Crippen LogP contribution is 2.23. The number of nitrogen functional groups attached to an aromatic ring is 1. The van der Waals surface area contributed by atoms with Crippen LogP contribution in [-0.4, -0.2) is 43.2 Å². The van der Waals surface area contributed by atoms with E-state index in [2.05, 4.69) is 5.32 Å². The predicted octanol–water partition coefficient (Wildman–Crippen LogP) is 1.47. The van der Waals surface area contributed by atoms with Crippen LogP contribution in [0.15, 0.2) is 12.1 Å². The summed E-state index contributed by atoms with van der Waals surface area (Å²) in [5, 5.41) is 11.7. The SMILES string of the molecule is CN(C)CCCNc1cc(F)c(C(=O)O)cc1N. The maximum Gasteiger partial charge on any atom is 0.338 e. The molecule has 0 saturated heterocycles. The van der Waals surface area contributed by atoms with Crippen LogP contribution >= 0.6 is 0 Å². The Morgan fingerprint density at radius 2 is 2.17 bits per heavy atom. The average Bonchev–Trinajstić information content (AvgIpc) is 2.27. The number of anilines is 2. The molecular weight excluding hydrogens is 237 g/mol. The summed E-state index contributed by atoms with van der Waals surface area (Å²) >= 11 is 0. The number of hydrogen-bond donors (Lipinski definition) is 3. The van der Waals surface area contributed by atoms with Gasteiger partial charge in [-0.1, -0.05) is 0 Å². The molecule has 0 atom stereocenters. The molecule has 0 spiro atoms. The lowest BCUT2D eigenvalue weighted by Gasteiger charge is -2.12. The van der Waals surface area contributed by atoms with Crippen molar-refractivity contribution in [2.45, 2.75) is 6.42 Å². The van der Waals surface area contributed by atoms with Gasteiger partial charge in [0.15, 0.2) is 0 Å². The second-order valence-corrected chi connectivity index (χ2v) is 4.31. The van der Waals surface area contributed by atoms with Crippen LogP contribution in [0.25, 0.3) is 0 Å². The third-order valence-corrected chi connectivity index (χ3v) is 2.47. The van der Waals surface area contributed by atoms with E-state index in [1.165, 1.54) is 0 Å². The van der Waals surface area contributed by atoms with Crippen molar-refractivity contribution in [1.82, 2.24) is 4.90 Å². The van der Waals surface area contributed by atoms with Gasteiger partial charge >= 0.3 is 5.97 Å². The molecule has 1 aromatic carbocycles. The Morgan fingerprint density at radius 3 is 2.72 bits per heavy atom. The minimum absolute atomic E-state index is 0.235. The van der Waals surface area contributed by atoms with Gasteiger partial charge in [0.05, 0.1) is 16.9 Å². The largest absolute Gasteiger partial charge is 0.478 e. The van der Waals surface area contributed by atoms with E-state index >= 15 is 0 Å². The number of halogens is 1. The van der Waals surface area contributed by atoms with Crippen LogP contribution in [0.3, 0.4) is 0 Å². The van der Waals surface area contributed by atoms with E-state index in [1.54, 1.807) is 0 Å². The lowest BCUT2D eigenvalue weighted by atomic mass is 10.1. The van der Waals surface area contributed by atoms with E-state index in [0.717, 1.165) is 25.1 Å². The van der Waals surface area contributed by atoms with Crippen LogP contribution in [0.5, 0.6) is 0 Å². The first kappa shape index (κ1) is 14.2. The summed E-state index contributed by atoms with van der Waals surface area (Å²) in [5.41, 5.74) is 5.92. The molecule has 1 aromatic rings. The monoisotopic (exact) mass is 255 g/mol. The normalized spacial score (nSPS) is 10.7. The van der Waals surface area contributed by atoms with Gasteiger partial charge in [-0.15, -0.1) is 0 Å². The molecule has 0 aromatic heterocycles. The minimum Gasteiger partial charge on any atom is -0.478 e. The number of aromatic carboxylic acids is 1. The van der Waals surface area contributed by atoms with Crippen LogP contribution in [0.2, 0.25) is 0 Å². The summed E-state index contributed by atoms with van der Waals surface area (Å²) in [6, 6.07) is 2.25. The fraction of sp³-hybridized carbons (Fsp3) is 0.417. The molecule has 4 N–H and O–H groups in total. The summed E-state index contributed by atoms with van der Waals surface area (Å²) in [4.78, 5) is 12.7. The van der Waals surface area contributed by atoms with E-state index < -0.39 is 17.3 Å². The number of carboxylic acids is 1. The summed E-state index contributed by atoms with van der Waals surface area (Å²) in [6.45, 7) is 1.55. The zero-order valence-electron chi connectivity index (χ0n) is 10.5. The summed E-state index contributed by atoms with van der Waals surface area (Å²) in [7, 11) is 3.94. The lowest BCUT2D eigenvalue weighted by molar-refractivity contribution is 0.0692. The van der Waals surface area contributed by atoms with Crippen molar-refractivity contribution in [3.05, 3.63) is 23.5 Å². The number of nitrogens with one attached hydrogen (secondary N) is 1. The van der Waals surface area contributed by atoms with Gasteiger partial charge in [0.1, 0.15) is 5.82 Å². The molecule has 5 nitrogen and oxygen atoms in total. The molecule has 0 bridgehead atoms. The van der Waals surface area contributed by atoms with E-state index in [9.17, 15) is 9.18 Å². The van der Waals surface area contributed by atoms with Gasteiger partial charge in [0, 0.05) is 6.54 Å². The number of nitrogens with two attached hydrogens (primary N) is 1. The van der Waals surface area contributed by atoms with Gasteiger partial charge in [0.2, 0.25) is 0 Å². The third-order valence-electron chi connectivity index (χ3n) is 2.47. The molecular formula is C12H18FN3O2. The van der Waals surface area contributed by atoms with Crippen molar-refractivity contribution in [2.24, 2.45) is 0 Å². The smallest absolute Gasteiger partial charge is 0.338 e. The molecule has 6 heteroatoms. The Bertz CT molecular complexity index is 436. The molecule has 0 saturated carbocycles. The molecule has 0 heterocycles. The molecule has 0 aliphatic carbocycles. The van der Waals surface area contributed by atoms with Crippen LogP contribution in [0.1, 0.15) is 16.8 Å². The molecule has 1 rings (SSSR count). The van der Waals surface area contributed by atoms with Crippen LogP contribution < -0.4 is 11.1 Å². The van der Waals surface area contributed by atoms with Crippen LogP contribution in [0.4, 0.5) is 15.8 Å². The molecule has 0 fully saturated rings. The van der Waals surface area contributed by atoms with Crippen molar-refractivity contribution < 1.29 is 14.3 Å². The number of rotatable bonds is 6. The van der Waals surface area contributed by atoms with Crippen molar-refractivity contribution in [2.75, 3.05) is 38.2 Å². The van der Waals surface area contributed by atoms with Gasteiger partial charge in [-0.05, 0) is 39.2 Å². The van der Waals surface area contributed by atoms with E-state index in [-0.39, 0.29) is 5.69 Å². The average molecular weight is 255 g/mol. The first-order chi connectivity index (χ1) is 8.41. The lowest BCUT2D eigenvalue weighted by Crippen LogP contribution is -2.17. The Labute approximate surface area is 105 Å². The predicted molar refractivity (Wildman–Crippen MR) is 69.4 cm³/mol. The Balaban J connectivity index is 2.67. The van der Waals surface area contributed by atoms with Gasteiger partial charge in [-0.3, -0.25) is 0 Å². The Hall–Kier alpha value is -1.82. The third kappa shape index (κ3) is 3.89. The van der Waals surface area contributed by atoms with Gasteiger partial charge in [0.25, 0.3) is 0 Å². The fourth-order valence-corrected chi connectivity index (χ4v) is 1.53. The standard InChI is InChI=1S/C12H18FN3O2/c1-16(2)5-3-4-15-11-7-9(13)8(12(17)18)6-10(11)14/h6-7,15H,3-5,14H2,1-2H3,(H,17,18). The summed E-state index contributed by atoms with van der Waals surface area (Å²) in [6.07, 6.45) is 0.884. The zero-order chi connectivity index (χ0) is 13.7. The van der Waals surface area contributed by atoms with Crippen LogP contribution in [-0.2, 0) is 0 Å². The Kier molecular flexibility index (Phi) is 4.91. The number of carbonyl (C=O) groups is 1. The first-order valence-electron chi connectivity index (χ1n) is 5.62. The number of hydrogen-bond acceptors (Lipinski definition) is 4. The molecule has 0 radical (unpaired) electrons. The topological polar surface area (TPSA) is 78.6 Å². The fourth-order valence-electron chi connectivity index (χ4n) is 1.53. The number of nitrogens with zero attached hydrogens (tertiary/aromatic N) is 1. The van der Waals surface area contributed by atoms with Gasteiger partial charge in [-0.2, -0.15) is 0 Å². The number of benzene rings is 1. The maximum absolute atomic E-state index is 13.4. The molecule has 0 amide bonds. The maximum atomic E-state index is 13.4. The molecule has 0 unspecified atom stereocenters. The van der Waals surface area contributed by atoms with E-state index in [0.29, 0.717) is 12.2 Å². The molecule has 0 aliphatic rings. The quantitative estimate of drug-likeness (QED) is 0.530. The molecule has 0 aliphatic heterocycles. The van der Waals surface area contributed by atoms with E-state index in [4.69, 9.17) is 10.8 Å². The minimum atomic E-state index is -1.32. The highest BCUT2D eigenvalue weighted by molar-refractivity contribution is 5.90. The highest BCUT2D eigenvalue weighted by Gasteiger charge is 2.13. The summed E-state index contributed by atoms with van der Waals surface area (Å²) < 4.78 is 13.4. The Morgan fingerprint density at radius 1 is 1.50 bits per heavy atom. The summed E-state index contributed by atoms with van der Waals surface area (Å²) in [5.74, 6) is -2.11. The first-order valence-corrected chi connectivity index (χ1v) is 5.62. The molecule has 18 heavy (non-hydrogen) atoms. The van der Waals surface area contributed by atoms with Gasteiger partial charge in [-0.25, -0.2) is 9.18 Å². The highest BCUT2D eigenvalue weighted by atomic mass is 19.1. The van der Waals surface area contributed by atoms with Crippen LogP contribution in [0, 0.1) is 5.82 Å². The van der Waals surface area contributed by atoms with Crippen molar-refractivity contribution in [3.63, 3.8) is 0 Å². The van der Waals surface area contributed by atoms with Crippen molar-refractivity contribution in [1.29, 1.82) is 0 Å². The zero-order valence-corrected chi connectivity index (χ0v) is 10.5. The molecule has 100 valence electrons. The second-order valence-electron chi connectivity index (χ2n) is 4.31. The second kappa shape index (κ2) is 6.20.